The number of likely N-dealkylation sites (tertiary alicyclic amines) is 1. The van der Waals surface area contributed by atoms with Gasteiger partial charge in [-0.1, -0.05) is 42.5 Å². The molecular weight excluding hydrogens is 340 g/mol. The molecule has 0 atom stereocenters. The first-order chi connectivity index (χ1) is 13.2. The summed E-state index contributed by atoms with van der Waals surface area (Å²) in [6, 6.07) is 17.5. The molecule has 3 rings (SSSR count). The number of hydrogen-bond donors (Lipinski definition) is 1. The number of carbonyl (C=O) groups is 2. The normalized spacial score (nSPS) is 15.3. The van der Waals surface area contributed by atoms with Gasteiger partial charge in [0.25, 0.3) is 0 Å². The van der Waals surface area contributed by atoms with E-state index in [0.717, 1.165) is 32.4 Å². The Morgan fingerprint density at radius 3 is 2.41 bits per heavy atom. The summed E-state index contributed by atoms with van der Waals surface area (Å²) in [5, 5.41) is 2.84. The standard InChI is InChI=1S/C22H26N2O3/c1-27-22(26)19-9-5-6-10-20(19)23-21(25)16-24-13-11-18(12-14-24)15-17-7-3-2-4-8-17/h2-10,18H,11-16H2,1H3,(H,23,25). The molecule has 1 aliphatic rings. The molecule has 0 aromatic heterocycles. The van der Waals surface area contributed by atoms with Gasteiger partial charge in [-0.05, 0) is 56.0 Å². The molecule has 0 bridgehead atoms. The van der Waals surface area contributed by atoms with Gasteiger partial charge in [0.05, 0.1) is 24.9 Å². The number of hydrogen-bond acceptors (Lipinski definition) is 4. The van der Waals surface area contributed by atoms with Crippen LogP contribution in [0.3, 0.4) is 0 Å². The lowest BCUT2D eigenvalue weighted by molar-refractivity contribution is -0.117. The second-order valence-electron chi connectivity index (χ2n) is 6.99. The highest BCUT2D eigenvalue weighted by Crippen LogP contribution is 2.22. The number of esters is 1. The zero-order valence-corrected chi connectivity index (χ0v) is 15.7. The summed E-state index contributed by atoms with van der Waals surface area (Å²) < 4.78 is 4.77. The first kappa shape index (κ1) is 19.1. The molecule has 0 spiro atoms. The van der Waals surface area contributed by atoms with E-state index < -0.39 is 5.97 Å². The molecule has 1 N–H and O–H groups in total. The van der Waals surface area contributed by atoms with Crippen LogP contribution in [0.15, 0.2) is 54.6 Å². The number of para-hydroxylation sites is 1. The topological polar surface area (TPSA) is 58.6 Å². The van der Waals surface area contributed by atoms with E-state index in [9.17, 15) is 9.59 Å². The molecule has 1 saturated heterocycles. The van der Waals surface area contributed by atoms with Crippen LogP contribution in [-0.4, -0.2) is 43.5 Å². The molecular formula is C22H26N2O3. The SMILES string of the molecule is COC(=O)c1ccccc1NC(=O)CN1CCC(Cc2ccccc2)CC1. The zero-order valence-electron chi connectivity index (χ0n) is 15.7. The highest BCUT2D eigenvalue weighted by molar-refractivity contribution is 6.01. The summed E-state index contributed by atoms with van der Waals surface area (Å²) in [5.41, 5.74) is 2.25. The van der Waals surface area contributed by atoms with E-state index in [1.807, 2.05) is 6.07 Å². The Morgan fingerprint density at radius 2 is 1.70 bits per heavy atom. The van der Waals surface area contributed by atoms with Crippen LogP contribution in [0.25, 0.3) is 0 Å². The predicted octanol–water partition coefficient (Wildman–Crippen LogP) is 3.37. The van der Waals surface area contributed by atoms with Crippen molar-refractivity contribution in [3.8, 4) is 0 Å². The largest absolute Gasteiger partial charge is 0.465 e. The average molecular weight is 366 g/mol. The fourth-order valence-electron chi connectivity index (χ4n) is 3.57. The van der Waals surface area contributed by atoms with Gasteiger partial charge in [-0.2, -0.15) is 0 Å². The number of amides is 1. The summed E-state index contributed by atoms with van der Waals surface area (Å²) in [4.78, 5) is 26.4. The Hall–Kier alpha value is -2.66. The van der Waals surface area contributed by atoms with Crippen molar-refractivity contribution in [3.63, 3.8) is 0 Å². The van der Waals surface area contributed by atoms with Crippen LogP contribution in [0, 0.1) is 5.92 Å². The van der Waals surface area contributed by atoms with Crippen molar-refractivity contribution in [2.45, 2.75) is 19.3 Å². The van der Waals surface area contributed by atoms with Gasteiger partial charge in [0.2, 0.25) is 5.91 Å². The number of carbonyl (C=O) groups excluding carboxylic acids is 2. The molecule has 27 heavy (non-hydrogen) atoms. The fourth-order valence-corrected chi connectivity index (χ4v) is 3.57. The third kappa shape index (κ3) is 5.41. The van der Waals surface area contributed by atoms with E-state index in [1.54, 1.807) is 24.3 Å². The van der Waals surface area contributed by atoms with Gasteiger partial charge >= 0.3 is 5.97 Å². The Kier molecular flexibility index (Phi) is 6.60. The van der Waals surface area contributed by atoms with Gasteiger partial charge in [-0.25, -0.2) is 4.79 Å². The van der Waals surface area contributed by atoms with Gasteiger partial charge in [0.1, 0.15) is 0 Å². The molecule has 1 amide bonds. The summed E-state index contributed by atoms with van der Waals surface area (Å²) in [6.07, 6.45) is 3.30. The van der Waals surface area contributed by atoms with Gasteiger partial charge in [-0.3, -0.25) is 9.69 Å². The Bertz CT molecular complexity index is 768. The first-order valence-electron chi connectivity index (χ1n) is 9.39. The Balaban J connectivity index is 1.48. The van der Waals surface area contributed by atoms with Crippen molar-refractivity contribution in [1.29, 1.82) is 0 Å². The van der Waals surface area contributed by atoms with Crippen molar-refractivity contribution in [2.24, 2.45) is 5.92 Å². The van der Waals surface area contributed by atoms with E-state index in [2.05, 4.69) is 34.5 Å². The molecule has 2 aromatic rings. The molecule has 0 unspecified atom stereocenters. The van der Waals surface area contributed by atoms with Gasteiger partial charge in [-0.15, -0.1) is 0 Å². The molecule has 2 aromatic carbocycles. The van der Waals surface area contributed by atoms with Crippen molar-refractivity contribution in [1.82, 2.24) is 4.90 Å². The van der Waals surface area contributed by atoms with Crippen molar-refractivity contribution < 1.29 is 14.3 Å². The number of nitrogens with one attached hydrogen (secondary N) is 1. The summed E-state index contributed by atoms with van der Waals surface area (Å²) in [5.74, 6) is 0.118. The summed E-state index contributed by atoms with van der Waals surface area (Å²) in [7, 11) is 1.33. The molecule has 142 valence electrons. The lowest BCUT2D eigenvalue weighted by Crippen LogP contribution is -2.39. The maximum atomic E-state index is 12.4. The summed E-state index contributed by atoms with van der Waals surface area (Å²) >= 11 is 0. The minimum absolute atomic E-state index is 0.104. The monoisotopic (exact) mass is 366 g/mol. The second kappa shape index (κ2) is 9.33. The van der Waals surface area contributed by atoms with Crippen LogP contribution < -0.4 is 5.32 Å². The third-order valence-corrected chi connectivity index (χ3v) is 5.05. The molecule has 0 saturated carbocycles. The van der Waals surface area contributed by atoms with Crippen molar-refractivity contribution in [2.75, 3.05) is 32.1 Å². The van der Waals surface area contributed by atoms with Crippen molar-refractivity contribution in [3.05, 3.63) is 65.7 Å². The first-order valence-corrected chi connectivity index (χ1v) is 9.39. The molecule has 1 aliphatic heterocycles. The van der Waals surface area contributed by atoms with Crippen LogP contribution in [0.1, 0.15) is 28.8 Å². The number of nitrogens with zero attached hydrogens (tertiary/aromatic N) is 1. The summed E-state index contributed by atoms with van der Waals surface area (Å²) in [6.45, 7) is 2.18. The molecule has 5 nitrogen and oxygen atoms in total. The maximum absolute atomic E-state index is 12.4. The van der Waals surface area contributed by atoms with E-state index in [0.29, 0.717) is 23.7 Å². The van der Waals surface area contributed by atoms with Crippen molar-refractivity contribution >= 4 is 17.6 Å². The fraction of sp³-hybridized carbons (Fsp3) is 0.364. The lowest BCUT2D eigenvalue weighted by Gasteiger charge is -2.31. The quantitative estimate of drug-likeness (QED) is 0.797. The van der Waals surface area contributed by atoms with Gasteiger partial charge in [0.15, 0.2) is 0 Å². The van der Waals surface area contributed by atoms with Crippen LogP contribution in [0.4, 0.5) is 5.69 Å². The van der Waals surface area contributed by atoms with Crippen LogP contribution in [0.2, 0.25) is 0 Å². The minimum Gasteiger partial charge on any atom is -0.465 e. The molecule has 1 fully saturated rings. The van der Waals surface area contributed by atoms with Crippen LogP contribution in [-0.2, 0) is 16.0 Å². The Labute approximate surface area is 160 Å². The zero-order chi connectivity index (χ0) is 19.1. The van der Waals surface area contributed by atoms with Gasteiger partial charge < -0.3 is 10.1 Å². The van der Waals surface area contributed by atoms with E-state index >= 15 is 0 Å². The lowest BCUT2D eigenvalue weighted by atomic mass is 9.90. The van der Waals surface area contributed by atoms with E-state index in [-0.39, 0.29) is 5.91 Å². The van der Waals surface area contributed by atoms with E-state index in [4.69, 9.17) is 4.74 Å². The molecule has 5 heteroatoms. The number of methoxy groups -OCH3 is 1. The van der Waals surface area contributed by atoms with Crippen LogP contribution in [0.5, 0.6) is 0 Å². The highest BCUT2D eigenvalue weighted by atomic mass is 16.5. The van der Waals surface area contributed by atoms with E-state index in [1.165, 1.54) is 12.7 Å². The molecule has 1 heterocycles. The second-order valence-corrected chi connectivity index (χ2v) is 6.99. The van der Waals surface area contributed by atoms with Gasteiger partial charge in [0, 0.05) is 0 Å². The molecule has 0 radical (unpaired) electrons. The number of ether oxygens (including phenoxy) is 1. The number of rotatable bonds is 6. The molecule has 0 aliphatic carbocycles. The predicted molar refractivity (Wildman–Crippen MR) is 106 cm³/mol. The maximum Gasteiger partial charge on any atom is 0.339 e. The number of benzene rings is 2. The average Bonchev–Trinajstić information content (AvgIpc) is 2.70. The smallest absolute Gasteiger partial charge is 0.339 e. The van der Waals surface area contributed by atoms with Crippen LogP contribution >= 0.6 is 0 Å². The minimum atomic E-state index is -0.451. The Morgan fingerprint density at radius 1 is 1.04 bits per heavy atom. The number of piperidine rings is 1. The third-order valence-electron chi connectivity index (χ3n) is 5.05. The number of anilines is 1. The highest BCUT2D eigenvalue weighted by Gasteiger charge is 2.21.